The van der Waals surface area contributed by atoms with Crippen LogP contribution in [0.4, 0.5) is 0 Å². The van der Waals surface area contributed by atoms with Crippen LogP contribution in [0.5, 0.6) is 0 Å². The van der Waals surface area contributed by atoms with Crippen LogP contribution in [-0.4, -0.2) is 18.8 Å². The highest BCUT2D eigenvalue weighted by Gasteiger charge is 2.15. The van der Waals surface area contributed by atoms with Gasteiger partial charge in [-0.05, 0) is 38.6 Å². The molecular weight excluding hydrogens is 172 g/mol. The van der Waals surface area contributed by atoms with E-state index in [1.807, 2.05) is 0 Å². The fourth-order valence-corrected chi connectivity index (χ4v) is 2.29. The van der Waals surface area contributed by atoms with Gasteiger partial charge in [-0.2, -0.15) is 0 Å². The molecule has 1 fully saturated rings. The minimum Gasteiger partial charge on any atom is -0.302 e. The molecular formula is C12H26N2. The summed E-state index contributed by atoms with van der Waals surface area (Å²) in [6.07, 6.45) is 9.88. The van der Waals surface area contributed by atoms with Crippen molar-refractivity contribution in [1.82, 2.24) is 10.6 Å². The standard InChI is InChI=1S/C12H26N2/c1-3-7-11(8-4-2)14-12-9-5-6-10-13-12/h11-14H,3-10H2,1-2H3. The first-order chi connectivity index (χ1) is 6.86. The quantitative estimate of drug-likeness (QED) is 0.685. The van der Waals surface area contributed by atoms with Crippen molar-refractivity contribution in [2.75, 3.05) is 6.54 Å². The number of piperidine rings is 1. The third-order valence-electron chi connectivity index (χ3n) is 3.02. The van der Waals surface area contributed by atoms with Gasteiger partial charge in [-0.3, -0.25) is 5.32 Å². The maximum absolute atomic E-state index is 3.75. The van der Waals surface area contributed by atoms with Gasteiger partial charge in [0.1, 0.15) is 0 Å². The normalized spacial score (nSPS) is 22.9. The molecule has 0 spiro atoms. The van der Waals surface area contributed by atoms with E-state index in [0.717, 1.165) is 6.04 Å². The van der Waals surface area contributed by atoms with E-state index in [1.165, 1.54) is 51.5 Å². The van der Waals surface area contributed by atoms with Crippen LogP contribution in [0.25, 0.3) is 0 Å². The predicted molar refractivity (Wildman–Crippen MR) is 62.4 cm³/mol. The molecule has 0 amide bonds. The molecule has 0 aliphatic carbocycles. The SMILES string of the molecule is CCCC(CCC)NC1CCCCN1. The van der Waals surface area contributed by atoms with Gasteiger partial charge in [-0.25, -0.2) is 0 Å². The molecule has 0 saturated carbocycles. The van der Waals surface area contributed by atoms with Crippen LogP contribution in [0.15, 0.2) is 0 Å². The summed E-state index contributed by atoms with van der Waals surface area (Å²) in [5.74, 6) is 0. The number of hydrogen-bond acceptors (Lipinski definition) is 2. The molecule has 14 heavy (non-hydrogen) atoms. The van der Waals surface area contributed by atoms with E-state index in [4.69, 9.17) is 0 Å². The third kappa shape index (κ3) is 4.43. The highest BCUT2D eigenvalue weighted by Crippen LogP contribution is 2.10. The molecule has 0 bridgehead atoms. The highest BCUT2D eigenvalue weighted by molar-refractivity contribution is 4.75. The molecule has 0 aromatic heterocycles. The van der Waals surface area contributed by atoms with Crippen molar-refractivity contribution >= 4 is 0 Å². The fourth-order valence-electron chi connectivity index (χ4n) is 2.29. The number of rotatable bonds is 6. The first-order valence-electron chi connectivity index (χ1n) is 6.36. The van der Waals surface area contributed by atoms with Crippen LogP contribution in [0.1, 0.15) is 58.8 Å². The van der Waals surface area contributed by atoms with E-state index in [9.17, 15) is 0 Å². The van der Waals surface area contributed by atoms with Gasteiger partial charge in [0.25, 0.3) is 0 Å². The topological polar surface area (TPSA) is 24.1 Å². The Kier molecular flexibility index (Phi) is 6.20. The Morgan fingerprint density at radius 3 is 2.43 bits per heavy atom. The first-order valence-corrected chi connectivity index (χ1v) is 6.36. The van der Waals surface area contributed by atoms with E-state index in [1.54, 1.807) is 0 Å². The van der Waals surface area contributed by atoms with Crippen LogP contribution < -0.4 is 10.6 Å². The molecule has 1 heterocycles. The second-order valence-electron chi connectivity index (χ2n) is 4.44. The summed E-state index contributed by atoms with van der Waals surface area (Å²) >= 11 is 0. The molecule has 1 aliphatic rings. The lowest BCUT2D eigenvalue weighted by Gasteiger charge is -2.29. The van der Waals surface area contributed by atoms with Gasteiger partial charge in [-0.1, -0.05) is 26.7 Å². The molecule has 0 aromatic carbocycles. The van der Waals surface area contributed by atoms with Gasteiger partial charge in [0.15, 0.2) is 0 Å². The van der Waals surface area contributed by atoms with E-state index in [-0.39, 0.29) is 0 Å². The van der Waals surface area contributed by atoms with Crippen molar-refractivity contribution in [1.29, 1.82) is 0 Å². The summed E-state index contributed by atoms with van der Waals surface area (Å²) in [6.45, 7) is 5.75. The predicted octanol–water partition coefficient (Wildman–Crippen LogP) is 2.64. The van der Waals surface area contributed by atoms with Crippen LogP contribution in [0, 0.1) is 0 Å². The molecule has 1 rings (SSSR count). The maximum Gasteiger partial charge on any atom is 0.0573 e. The lowest BCUT2D eigenvalue weighted by Crippen LogP contribution is -2.49. The number of hydrogen-bond donors (Lipinski definition) is 2. The van der Waals surface area contributed by atoms with Gasteiger partial charge in [0.2, 0.25) is 0 Å². The van der Waals surface area contributed by atoms with E-state index in [0.29, 0.717) is 6.17 Å². The van der Waals surface area contributed by atoms with Gasteiger partial charge in [0.05, 0.1) is 6.17 Å². The van der Waals surface area contributed by atoms with Crippen LogP contribution in [0.2, 0.25) is 0 Å². The molecule has 0 aromatic rings. The Morgan fingerprint density at radius 1 is 1.21 bits per heavy atom. The Morgan fingerprint density at radius 2 is 1.93 bits per heavy atom. The van der Waals surface area contributed by atoms with Crippen molar-refractivity contribution in [2.45, 2.75) is 71.0 Å². The van der Waals surface area contributed by atoms with Crippen LogP contribution in [0.3, 0.4) is 0 Å². The molecule has 1 aliphatic heterocycles. The fraction of sp³-hybridized carbons (Fsp3) is 1.00. The number of nitrogens with one attached hydrogen (secondary N) is 2. The molecule has 0 radical (unpaired) electrons. The van der Waals surface area contributed by atoms with Gasteiger partial charge < -0.3 is 5.32 Å². The Balaban J connectivity index is 2.21. The Labute approximate surface area is 88.8 Å². The summed E-state index contributed by atoms with van der Waals surface area (Å²) in [5, 5.41) is 7.30. The zero-order chi connectivity index (χ0) is 10.2. The third-order valence-corrected chi connectivity index (χ3v) is 3.02. The second-order valence-corrected chi connectivity index (χ2v) is 4.44. The summed E-state index contributed by atoms with van der Waals surface area (Å²) < 4.78 is 0. The van der Waals surface area contributed by atoms with Gasteiger partial charge >= 0.3 is 0 Å². The molecule has 1 atom stereocenters. The Hall–Kier alpha value is -0.0800. The monoisotopic (exact) mass is 198 g/mol. The Bertz CT molecular complexity index is 124. The van der Waals surface area contributed by atoms with E-state index >= 15 is 0 Å². The smallest absolute Gasteiger partial charge is 0.0573 e. The minimum atomic E-state index is 0.590. The average molecular weight is 198 g/mol. The van der Waals surface area contributed by atoms with Crippen molar-refractivity contribution in [3.05, 3.63) is 0 Å². The zero-order valence-corrected chi connectivity index (χ0v) is 9.81. The molecule has 1 saturated heterocycles. The summed E-state index contributed by atoms with van der Waals surface area (Å²) in [4.78, 5) is 0. The highest BCUT2D eigenvalue weighted by atomic mass is 15.1. The lowest BCUT2D eigenvalue weighted by molar-refractivity contribution is 0.293. The second kappa shape index (κ2) is 7.24. The minimum absolute atomic E-state index is 0.590. The average Bonchev–Trinajstić information content (AvgIpc) is 2.20. The first kappa shape index (κ1) is 12.0. The largest absolute Gasteiger partial charge is 0.302 e. The van der Waals surface area contributed by atoms with Gasteiger partial charge in [-0.15, -0.1) is 0 Å². The van der Waals surface area contributed by atoms with Crippen molar-refractivity contribution in [3.8, 4) is 0 Å². The molecule has 2 nitrogen and oxygen atoms in total. The van der Waals surface area contributed by atoms with Crippen molar-refractivity contribution in [2.24, 2.45) is 0 Å². The van der Waals surface area contributed by atoms with Gasteiger partial charge in [0, 0.05) is 6.04 Å². The lowest BCUT2D eigenvalue weighted by atomic mass is 10.0. The summed E-state index contributed by atoms with van der Waals surface area (Å²) in [6, 6.07) is 0.737. The van der Waals surface area contributed by atoms with Crippen molar-refractivity contribution < 1.29 is 0 Å². The van der Waals surface area contributed by atoms with E-state index in [2.05, 4.69) is 24.5 Å². The molecule has 2 N–H and O–H groups in total. The summed E-state index contributed by atoms with van der Waals surface area (Å²) in [7, 11) is 0. The molecule has 84 valence electrons. The molecule has 1 unspecified atom stereocenters. The summed E-state index contributed by atoms with van der Waals surface area (Å²) in [5.41, 5.74) is 0. The molecule has 2 heteroatoms. The van der Waals surface area contributed by atoms with Crippen molar-refractivity contribution in [3.63, 3.8) is 0 Å². The van der Waals surface area contributed by atoms with Crippen LogP contribution in [-0.2, 0) is 0 Å². The van der Waals surface area contributed by atoms with E-state index < -0.39 is 0 Å². The van der Waals surface area contributed by atoms with Crippen LogP contribution >= 0.6 is 0 Å². The zero-order valence-electron chi connectivity index (χ0n) is 9.81. The maximum atomic E-state index is 3.75.